The number of ether oxygens (including phenoxy) is 2. The minimum atomic E-state index is -4.64. The van der Waals surface area contributed by atoms with Crippen LogP contribution in [0.5, 0.6) is 11.5 Å². The first-order valence-electron chi connectivity index (χ1n) is 7.54. The van der Waals surface area contributed by atoms with E-state index in [0.29, 0.717) is 22.7 Å². The molecule has 3 aromatic rings. The van der Waals surface area contributed by atoms with Crippen LogP contribution in [-0.2, 0) is 6.18 Å². The Labute approximate surface area is 150 Å². The molecule has 2 heterocycles. The monoisotopic (exact) mass is 379 g/mol. The maximum atomic E-state index is 13.2. The summed E-state index contributed by atoms with van der Waals surface area (Å²) in [6.45, 7) is 0.0788. The molecule has 134 valence electrons. The first kappa shape index (κ1) is 16.8. The number of benzene rings is 2. The van der Waals surface area contributed by atoms with Crippen molar-refractivity contribution in [1.82, 2.24) is 14.8 Å². The third kappa shape index (κ3) is 2.98. The lowest BCUT2D eigenvalue weighted by atomic mass is 10.2. The molecule has 0 unspecified atom stereocenters. The molecular weight excluding hydrogens is 367 g/mol. The lowest BCUT2D eigenvalue weighted by molar-refractivity contribution is -0.144. The van der Waals surface area contributed by atoms with Gasteiger partial charge in [-0.1, -0.05) is 0 Å². The molecule has 2 aromatic carbocycles. The Morgan fingerprint density at radius 3 is 2.46 bits per heavy atom. The normalized spacial score (nSPS) is 13.2. The van der Waals surface area contributed by atoms with Gasteiger partial charge in [0.15, 0.2) is 17.3 Å². The van der Waals surface area contributed by atoms with E-state index in [4.69, 9.17) is 9.47 Å². The summed E-state index contributed by atoms with van der Waals surface area (Å²) in [5.74, 6) is -0.116. The van der Waals surface area contributed by atoms with Crippen molar-refractivity contribution < 1.29 is 22.6 Å². The SMILES string of the molecule is CSc1ccc(-n2nc(C(F)(F)F)nc2-c2ccc3c(c2)OCO3)cc1. The number of halogens is 3. The van der Waals surface area contributed by atoms with Gasteiger partial charge in [0.05, 0.1) is 5.69 Å². The minimum Gasteiger partial charge on any atom is -0.454 e. The highest BCUT2D eigenvalue weighted by Crippen LogP contribution is 2.37. The van der Waals surface area contributed by atoms with Crippen molar-refractivity contribution in [2.75, 3.05) is 13.0 Å². The Bertz CT molecular complexity index is 955. The van der Waals surface area contributed by atoms with Crippen molar-refractivity contribution in [2.24, 2.45) is 0 Å². The average molecular weight is 379 g/mol. The van der Waals surface area contributed by atoms with E-state index in [1.165, 1.54) is 4.68 Å². The summed E-state index contributed by atoms with van der Waals surface area (Å²) in [7, 11) is 0. The zero-order valence-corrected chi connectivity index (χ0v) is 14.3. The fourth-order valence-corrected chi connectivity index (χ4v) is 2.97. The van der Waals surface area contributed by atoms with Crippen molar-refractivity contribution >= 4 is 11.8 Å². The molecule has 9 heteroatoms. The van der Waals surface area contributed by atoms with Gasteiger partial charge in [0.2, 0.25) is 6.79 Å². The highest BCUT2D eigenvalue weighted by atomic mass is 32.2. The zero-order valence-electron chi connectivity index (χ0n) is 13.4. The second-order valence-electron chi connectivity index (χ2n) is 5.43. The maximum Gasteiger partial charge on any atom is 0.453 e. The fraction of sp³-hybridized carbons (Fsp3) is 0.176. The van der Waals surface area contributed by atoms with E-state index in [9.17, 15) is 13.2 Å². The van der Waals surface area contributed by atoms with E-state index >= 15 is 0 Å². The molecule has 0 fully saturated rings. The molecule has 4 rings (SSSR count). The largest absolute Gasteiger partial charge is 0.454 e. The molecule has 0 bridgehead atoms. The predicted octanol–water partition coefficient (Wildman–Crippen LogP) is 4.40. The molecule has 0 radical (unpaired) electrons. The van der Waals surface area contributed by atoms with Gasteiger partial charge < -0.3 is 9.47 Å². The molecule has 1 aliphatic heterocycles. The van der Waals surface area contributed by atoms with Gasteiger partial charge in [-0.15, -0.1) is 16.9 Å². The quantitative estimate of drug-likeness (QED) is 0.631. The number of hydrogen-bond acceptors (Lipinski definition) is 5. The van der Waals surface area contributed by atoms with Crippen LogP contribution >= 0.6 is 11.8 Å². The van der Waals surface area contributed by atoms with Crippen LogP contribution in [0.1, 0.15) is 5.82 Å². The smallest absolute Gasteiger partial charge is 0.453 e. The number of rotatable bonds is 3. The van der Waals surface area contributed by atoms with Crippen molar-refractivity contribution in [3.05, 3.63) is 48.3 Å². The van der Waals surface area contributed by atoms with Gasteiger partial charge in [-0.2, -0.15) is 13.2 Å². The van der Waals surface area contributed by atoms with E-state index < -0.39 is 12.0 Å². The molecule has 0 N–H and O–H groups in total. The zero-order chi connectivity index (χ0) is 18.3. The van der Waals surface area contributed by atoms with Crippen LogP contribution in [-0.4, -0.2) is 27.8 Å². The number of aromatic nitrogens is 3. The van der Waals surface area contributed by atoms with Gasteiger partial charge >= 0.3 is 6.18 Å². The van der Waals surface area contributed by atoms with E-state index in [1.807, 2.05) is 18.4 Å². The molecule has 26 heavy (non-hydrogen) atoms. The lowest BCUT2D eigenvalue weighted by Gasteiger charge is -2.07. The third-order valence-corrected chi connectivity index (χ3v) is 4.55. The van der Waals surface area contributed by atoms with Crippen LogP contribution in [0.25, 0.3) is 17.1 Å². The third-order valence-electron chi connectivity index (χ3n) is 3.81. The van der Waals surface area contributed by atoms with E-state index in [-0.39, 0.29) is 12.6 Å². The molecule has 0 saturated heterocycles. The molecule has 0 saturated carbocycles. The number of fused-ring (bicyclic) bond motifs is 1. The summed E-state index contributed by atoms with van der Waals surface area (Å²) in [4.78, 5) is 4.72. The summed E-state index contributed by atoms with van der Waals surface area (Å²) in [5, 5.41) is 3.68. The van der Waals surface area contributed by atoms with Crippen LogP contribution in [0.3, 0.4) is 0 Å². The molecular formula is C17H12F3N3O2S. The summed E-state index contributed by atoms with van der Waals surface area (Å²) in [5.41, 5.74) is 0.935. The average Bonchev–Trinajstić information content (AvgIpc) is 3.27. The second kappa shape index (κ2) is 6.24. The van der Waals surface area contributed by atoms with Crippen LogP contribution in [0.15, 0.2) is 47.4 Å². The molecule has 0 atom stereocenters. The molecule has 5 nitrogen and oxygen atoms in total. The molecule has 0 aliphatic carbocycles. The first-order chi connectivity index (χ1) is 12.5. The van der Waals surface area contributed by atoms with Gasteiger partial charge in [0.1, 0.15) is 0 Å². The van der Waals surface area contributed by atoms with Crippen molar-refractivity contribution in [3.63, 3.8) is 0 Å². The summed E-state index contributed by atoms with van der Waals surface area (Å²) in [6, 6.07) is 11.9. The first-order valence-corrected chi connectivity index (χ1v) is 8.77. The topological polar surface area (TPSA) is 49.2 Å². The van der Waals surface area contributed by atoms with Crippen LogP contribution < -0.4 is 9.47 Å². The summed E-state index contributed by atoms with van der Waals surface area (Å²) < 4.78 is 51.2. The van der Waals surface area contributed by atoms with Gasteiger partial charge in [0.25, 0.3) is 5.82 Å². The second-order valence-corrected chi connectivity index (χ2v) is 6.31. The summed E-state index contributed by atoms with van der Waals surface area (Å²) >= 11 is 1.54. The van der Waals surface area contributed by atoms with Crippen LogP contribution in [0, 0.1) is 0 Å². The van der Waals surface area contributed by atoms with Crippen LogP contribution in [0.4, 0.5) is 13.2 Å². The van der Waals surface area contributed by atoms with E-state index in [1.54, 1.807) is 42.1 Å². The fourth-order valence-electron chi connectivity index (χ4n) is 2.56. The van der Waals surface area contributed by atoms with Gasteiger partial charge in [-0.3, -0.25) is 0 Å². The summed E-state index contributed by atoms with van der Waals surface area (Å²) in [6.07, 6.45) is -2.72. The van der Waals surface area contributed by atoms with E-state index in [2.05, 4.69) is 10.1 Å². The van der Waals surface area contributed by atoms with Crippen molar-refractivity contribution in [1.29, 1.82) is 0 Å². The molecule has 1 aliphatic rings. The van der Waals surface area contributed by atoms with Crippen molar-refractivity contribution in [2.45, 2.75) is 11.1 Å². The highest BCUT2D eigenvalue weighted by Gasteiger charge is 2.37. The molecule has 0 amide bonds. The Morgan fingerprint density at radius 1 is 1.04 bits per heavy atom. The van der Waals surface area contributed by atoms with Crippen LogP contribution in [0.2, 0.25) is 0 Å². The number of hydrogen-bond donors (Lipinski definition) is 0. The molecule has 1 aromatic heterocycles. The number of thioether (sulfide) groups is 1. The highest BCUT2D eigenvalue weighted by molar-refractivity contribution is 7.98. The Kier molecular flexibility index (Phi) is 4.03. The van der Waals surface area contributed by atoms with Gasteiger partial charge in [-0.25, -0.2) is 9.67 Å². The standard InChI is InChI=1S/C17H12F3N3O2S/c1-26-12-5-3-11(4-6-12)23-15(21-16(22-23)17(18,19)20)10-2-7-13-14(8-10)25-9-24-13/h2-8H,9H2,1H3. The minimum absolute atomic E-state index is 0.0764. The Hall–Kier alpha value is -2.68. The molecule has 0 spiro atoms. The number of nitrogens with zero attached hydrogens (tertiary/aromatic N) is 3. The van der Waals surface area contributed by atoms with Crippen molar-refractivity contribution in [3.8, 4) is 28.6 Å². The maximum absolute atomic E-state index is 13.2. The number of alkyl halides is 3. The van der Waals surface area contributed by atoms with E-state index in [0.717, 1.165) is 4.90 Å². The lowest BCUT2D eigenvalue weighted by Crippen LogP contribution is -2.08. The van der Waals surface area contributed by atoms with Gasteiger partial charge in [-0.05, 0) is 48.7 Å². The Balaban J connectivity index is 1.85. The predicted molar refractivity (Wildman–Crippen MR) is 89.7 cm³/mol. The van der Waals surface area contributed by atoms with Gasteiger partial charge in [0, 0.05) is 10.5 Å². The Morgan fingerprint density at radius 2 is 1.77 bits per heavy atom.